The normalized spacial score (nSPS) is 23.7. The monoisotopic (exact) mass is 2030 g/mol. The van der Waals surface area contributed by atoms with Crippen molar-refractivity contribution in [3.8, 4) is 0 Å². The van der Waals surface area contributed by atoms with Gasteiger partial charge in [0.2, 0.25) is 36.4 Å². The second-order valence-electron chi connectivity index (χ2n) is 28.3. The second-order valence-corrected chi connectivity index (χ2v) is 88.6. The molecule has 4 saturated heterocycles. The number of carbonyl (C=O) groups excluding carboxylic acids is 6. The van der Waals surface area contributed by atoms with Gasteiger partial charge >= 0.3 is 146 Å². The number of hydrogen-bond donors (Lipinski definition) is 4. The summed E-state index contributed by atoms with van der Waals surface area (Å²) in [6, 6.07) is 17.4. The Hall–Kier alpha value is -5.71. The number of nitrogens with two attached hydrogens (primary N) is 2. The van der Waals surface area contributed by atoms with E-state index in [1.807, 2.05) is 81.4 Å². The third kappa shape index (κ3) is 39.2. The first-order chi connectivity index (χ1) is 53.9. The van der Waals surface area contributed by atoms with E-state index >= 15 is 0 Å². The zero-order chi connectivity index (χ0) is 87.9. The van der Waals surface area contributed by atoms with Crippen molar-refractivity contribution in [1.82, 2.24) is 59.0 Å². The fourth-order valence-corrected chi connectivity index (χ4v) is 13.0. The predicted octanol–water partition coefficient (Wildman–Crippen LogP) is 12.9. The van der Waals surface area contributed by atoms with Crippen LogP contribution in [-0.2, 0) is 66.5 Å². The van der Waals surface area contributed by atoms with E-state index in [-0.39, 0.29) is 60.0 Å². The molecule has 4 aliphatic rings. The van der Waals surface area contributed by atoms with Gasteiger partial charge in [-0.05, 0) is 63.8 Å². The summed E-state index contributed by atoms with van der Waals surface area (Å²) in [7, 11) is 37.6. The van der Waals surface area contributed by atoms with Gasteiger partial charge in [0.05, 0.1) is 35.5 Å². The number of aryl methyl sites for hydroxylation is 2. The Kier molecular flexibility index (Phi) is 44.9. The summed E-state index contributed by atoms with van der Waals surface area (Å²) >= 11 is -6.58. The number of ether oxygens (including phenoxy) is 10. The van der Waals surface area contributed by atoms with Crippen LogP contribution in [0.15, 0.2) is 95.6 Å². The molecular formula is C70H104Cl8N16O18Si2Sn2. The number of esters is 6. The van der Waals surface area contributed by atoms with Crippen molar-refractivity contribution in [3.05, 3.63) is 130 Å². The molecule has 0 amide bonds. The number of hydrogen-bond acceptors (Lipinski definition) is 32. The number of nitrogens with one attached hydrogen (secondary N) is 2. The van der Waals surface area contributed by atoms with Gasteiger partial charge in [0, 0.05) is 51.4 Å². The van der Waals surface area contributed by atoms with Gasteiger partial charge in [-0.25, -0.2) is 49.1 Å². The van der Waals surface area contributed by atoms with Crippen molar-refractivity contribution in [1.29, 1.82) is 0 Å². The molecule has 8 heterocycles. The van der Waals surface area contributed by atoms with Crippen LogP contribution in [0.25, 0.3) is 0 Å². The van der Waals surface area contributed by atoms with Crippen molar-refractivity contribution < 1.29 is 76.1 Å². The van der Waals surface area contributed by atoms with E-state index in [4.69, 9.17) is 130 Å². The Morgan fingerprint density at radius 2 is 0.707 bits per heavy atom. The van der Waals surface area contributed by atoms with Crippen LogP contribution in [0.1, 0.15) is 154 Å². The van der Waals surface area contributed by atoms with Gasteiger partial charge in [-0.2, -0.15) is 19.9 Å². The molecule has 34 nitrogen and oxygen atoms in total. The SMILES string of the molecule is CC[C@H]1O[C@@H](OC(C)=O)C(OC(=O)c2ccccc2)[C@H]1C.CC[C@H]1O[C@@H](OC(C)=O)C(OC(C)=O)[C@H]1C.CC[C@H]1O[C@@H](n2cnc(N)nc2=O)C(OC(=O)c2ccccc2)[C@H]1C.CC[C@H]1O[C@@H](n2cnc(N)nc2=O)C(OC(C)=O)[C@H]1C.Cc1ncnc(N[Si](C)(C)C)n1.Cc1ncnc(N[Si](C)(C)C)n1.[Cl][Sn]([Cl])([Cl])[Cl].[Cl][Sn]([Cl])([Cl])[Cl]. The molecule has 0 saturated carbocycles. The van der Waals surface area contributed by atoms with Gasteiger partial charge < -0.3 is 68.8 Å². The van der Waals surface area contributed by atoms with Crippen LogP contribution in [0.3, 0.4) is 0 Å². The summed E-state index contributed by atoms with van der Waals surface area (Å²) in [6.45, 7) is 37.8. The Morgan fingerprint density at radius 3 is 0.991 bits per heavy atom. The Bertz CT molecular complexity index is 4130. The number of aromatic nitrogens is 12. The molecule has 4 aliphatic heterocycles. The molecule has 644 valence electrons. The Labute approximate surface area is 714 Å². The van der Waals surface area contributed by atoms with Crippen LogP contribution in [0.4, 0.5) is 23.8 Å². The first kappa shape index (κ1) is 104. The van der Waals surface area contributed by atoms with Crippen molar-refractivity contribution >= 4 is 175 Å². The van der Waals surface area contributed by atoms with Crippen LogP contribution < -0.4 is 32.8 Å². The molecule has 0 radical (unpaired) electrons. The number of halogens is 8. The minimum atomic E-state index is -3.29. The fourth-order valence-electron chi connectivity index (χ4n) is 11.4. The number of benzene rings is 2. The summed E-state index contributed by atoms with van der Waals surface area (Å²) in [5.74, 6) is -0.0555. The standard InChI is InChI=1S/C17H20N4O4.C16H20O5.C12H18N4O4.C11H18O5.2C7H14N4Si.8ClH.2Sn/c1-3-12-10(2)13(25-15(22)11-7-5-4-6-8-11)14(24-12)21-9-19-16(18)20-17(21)23;1-4-13-10(2)14(16(20-13)19-11(3)17)21-15(18)12-8-6-5-7-9-12;1-4-8-6(2)9(19-7(3)17)10(20-8)16-5-14-11(13)15-12(16)18;1-5-9-6(2)10(14-7(3)12)11(16-9)15-8(4)13;2*1-6-8-5-9-7(10-6)11-12(2,3)4;;;;;;;;;;/h4-10,12-14H,3H2,1-2H3,(H2,18,20,23);5-10,13-14,16H,4H2,1-3H3;5-6,8-10H,4H2,1-3H3,(H2,13,15,18);6,9-11H,5H2,1-4H3;2*5H,1-4H3,(H,8,9,10,11);8*1H;;/q;;;;;;;;;;;;;;2*+4/p-8/t10-,12+,13?,14+;10-,13+,14?,16+;6-,8+,9?,10+;6-,9+,10?,11+;;;;;;;;;;;;/m0000............/s1. The number of nitrogens with zero attached hydrogens (tertiary/aromatic N) is 12. The summed E-state index contributed by atoms with van der Waals surface area (Å²) in [6.07, 6.45) is 2.80. The van der Waals surface area contributed by atoms with Crippen LogP contribution in [0.5, 0.6) is 0 Å². The molecule has 6 N–H and O–H groups in total. The molecule has 0 aliphatic carbocycles. The van der Waals surface area contributed by atoms with Gasteiger partial charge in [0.1, 0.15) is 53.4 Å². The molecule has 116 heavy (non-hydrogen) atoms. The van der Waals surface area contributed by atoms with E-state index in [2.05, 4.69) is 99.1 Å². The molecule has 4 aromatic heterocycles. The first-order valence-corrected chi connectivity index (χ1v) is 72.4. The van der Waals surface area contributed by atoms with E-state index < -0.39 is 141 Å². The van der Waals surface area contributed by atoms with Gasteiger partial charge in [-0.3, -0.25) is 28.3 Å². The van der Waals surface area contributed by atoms with Crippen molar-refractivity contribution in [2.75, 3.05) is 21.4 Å². The minimum absolute atomic E-state index is 0.0262. The van der Waals surface area contributed by atoms with Gasteiger partial charge in [-0.1, -0.05) is 131 Å². The summed E-state index contributed by atoms with van der Waals surface area (Å²) in [5, 5.41) is 0. The third-order valence-electron chi connectivity index (χ3n) is 16.4. The van der Waals surface area contributed by atoms with E-state index in [0.29, 0.717) is 23.0 Å². The van der Waals surface area contributed by atoms with Crippen molar-refractivity contribution in [2.24, 2.45) is 23.7 Å². The Morgan fingerprint density at radius 1 is 0.431 bits per heavy atom. The molecule has 4 unspecified atom stereocenters. The van der Waals surface area contributed by atoms with Crippen LogP contribution in [0, 0.1) is 37.5 Å². The topological polar surface area (TPSA) is 444 Å². The summed E-state index contributed by atoms with van der Waals surface area (Å²) in [5.41, 5.74) is 10.5. The molecule has 4 fully saturated rings. The summed E-state index contributed by atoms with van der Waals surface area (Å²) in [4.78, 5) is 138. The van der Waals surface area contributed by atoms with E-state index in [0.717, 1.165) is 37.3 Å². The zero-order valence-corrected chi connectivity index (χ0v) is 81.8. The average molecular weight is 2030 g/mol. The number of rotatable bonds is 18. The number of carbonyl (C=O) groups is 6. The molecule has 10 rings (SSSR count). The fraction of sp³-hybridized carbons (Fsp3) is 0.571. The average Bonchev–Trinajstić information content (AvgIpc) is 1.66. The third-order valence-corrected chi connectivity index (χ3v) is 18.4. The van der Waals surface area contributed by atoms with Crippen molar-refractivity contribution in [3.63, 3.8) is 0 Å². The van der Waals surface area contributed by atoms with E-state index in [1.165, 1.54) is 62.1 Å². The molecule has 16 atom stereocenters. The van der Waals surface area contributed by atoms with Crippen molar-refractivity contribution in [2.45, 2.75) is 236 Å². The number of nitrogen functional groups attached to an aromatic ring is 2. The summed E-state index contributed by atoms with van der Waals surface area (Å²) < 4.78 is 57.1. The van der Waals surface area contributed by atoms with Crippen LogP contribution >= 0.6 is 71.4 Å². The van der Waals surface area contributed by atoms with E-state index in [1.54, 1.807) is 48.5 Å². The molecular weight excluding hydrogens is 1930 g/mol. The first-order valence-electron chi connectivity index (χ1n) is 36.5. The van der Waals surface area contributed by atoms with Crippen LogP contribution in [0.2, 0.25) is 39.3 Å². The van der Waals surface area contributed by atoms with E-state index in [9.17, 15) is 38.4 Å². The molecule has 0 bridgehead atoms. The van der Waals surface area contributed by atoms with Crippen LogP contribution in [-0.4, -0.2) is 200 Å². The van der Waals surface area contributed by atoms with Gasteiger partial charge in [0.15, 0.2) is 36.9 Å². The maximum atomic E-state index is 12.4. The van der Waals surface area contributed by atoms with Gasteiger partial charge in [0.25, 0.3) is 0 Å². The predicted molar refractivity (Wildman–Crippen MR) is 452 cm³/mol. The molecule has 6 aromatic rings. The molecule has 46 heteroatoms. The zero-order valence-electron chi connectivity index (χ0n) is 68.0. The second kappa shape index (κ2) is 49.9. The number of anilines is 4. The molecule has 0 spiro atoms. The molecule has 2 aromatic carbocycles. The Balaban J connectivity index is 0.000000357. The van der Waals surface area contributed by atoms with Gasteiger partial charge in [-0.15, -0.1) is 0 Å². The quantitative estimate of drug-likeness (QED) is 0.0353. The maximum absolute atomic E-state index is 12.4.